The quantitative estimate of drug-likeness (QED) is 0.896. The van der Waals surface area contributed by atoms with Gasteiger partial charge in [-0.25, -0.2) is 0 Å². The lowest BCUT2D eigenvalue weighted by Crippen LogP contribution is -2.38. The molecule has 1 fully saturated rings. The molecule has 1 unspecified atom stereocenters. The summed E-state index contributed by atoms with van der Waals surface area (Å²) in [7, 11) is 1.92. The maximum atomic E-state index is 12.4. The van der Waals surface area contributed by atoms with E-state index in [-0.39, 0.29) is 12.4 Å². The molecule has 2 rings (SSSR count). The maximum Gasteiger partial charge on any atom is 0.435 e. The molecule has 1 aromatic heterocycles. The fourth-order valence-electron chi connectivity index (χ4n) is 2.58. The van der Waals surface area contributed by atoms with E-state index in [9.17, 15) is 13.2 Å². The number of nitrogens with zero attached hydrogens (tertiary/aromatic N) is 2. The average Bonchev–Trinajstić information content (AvgIpc) is 2.78. The van der Waals surface area contributed by atoms with Crippen LogP contribution in [-0.2, 0) is 12.7 Å². The van der Waals surface area contributed by atoms with Crippen LogP contribution in [0.25, 0.3) is 0 Å². The van der Waals surface area contributed by atoms with Gasteiger partial charge in [-0.1, -0.05) is 0 Å². The summed E-state index contributed by atoms with van der Waals surface area (Å²) in [5, 5.41) is 8.95. The minimum atomic E-state index is -4.37. The average molecular weight is 313 g/mol. The fourth-order valence-corrected chi connectivity index (χ4v) is 2.58. The third-order valence-corrected chi connectivity index (χ3v) is 3.41. The normalized spacial score (nSPS) is 20.7. The van der Waals surface area contributed by atoms with Gasteiger partial charge in [-0.3, -0.25) is 10.00 Å². The topological polar surface area (TPSA) is 44.0 Å². The number of hydrogen-bond donors (Lipinski definition) is 2. The Kier molecular flexibility index (Phi) is 6.29. The van der Waals surface area contributed by atoms with Crippen molar-refractivity contribution >= 4 is 12.4 Å². The molecule has 0 radical (unpaired) electrons. The van der Waals surface area contributed by atoms with Crippen LogP contribution in [0, 0.1) is 5.92 Å². The van der Waals surface area contributed by atoms with E-state index in [2.05, 4.69) is 20.4 Å². The van der Waals surface area contributed by atoms with Crippen molar-refractivity contribution in [2.24, 2.45) is 5.92 Å². The zero-order valence-electron chi connectivity index (χ0n) is 11.3. The lowest BCUT2D eigenvalue weighted by Gasteiger charge is -2.32. The van der Waals surface area contributed by atoms with Gasteiger partial charge in [-0.2, -0.15) is 18.3 Å². The number of piperidine rings is 1. The third-order valence-electron chi connectivity index (χ3n) is 3.41. The lowest BCUT2D eigenvalue weighted by atomic mass is 9.98. The number of hydrogen-bond acceptors (Lipinski definition) is 3. The number of alkyl halides is 3. The van der Waals surface area contributed by atoms with Crippen LogP contribution in [0.3, 0.4) is 0 Å². The summed E-state index contributed by atoms with van der Waals surface area (Å²) in [4.78, 5) is 2.18. The number of likely N-dealkylation sites (tertiary alicyclic amines) is 1. The van der Waals surface area contributed by atoms with Gasteiger partial charge in [0.2, 0.25) is 0 Å². The molecule has 1 aromatic rings. The Morgan fingerprint density at radius 3 is 2.85 bits per heavy atom. The summed E-state index contributed by atoms with van der Waals surface area (Å²) in [6.07, 6.45) is -2.11. The van der Waals surface area contributed by atoms with E-state index < -0.39 is 11.9 Å². The van der Waals surface area contributed by atoms with Crippen molar-refractivity contribution in [3.05, 3.63) is 17.5 Å². The van der Waals surface area contributed by atoms with Gasteiger partial charge in [-0.05, 0) is 45.0 Å². The lowest BCUT2D eigenvalue weighted by molar-refractivity contribution is -0.141. The van der Waals surface area contributed by atoms with Crippen molar-refractivity contribution in [1.29, 1.82) is 0 Å². The molecule has 0 bridgehead atoms. The highest BCUT2D eigenvalue weighted by Gasteiger charge is 2.34. The summed E-state index contributed by atoms with van der Waals surface area (Å²) in [6.45, 7) is 3.30. The van der Waals surface area contributed by atoms with Crippen LogP contribution >= 0.6 is 12.4 Å². The van der Waals surface area contributed by atoms with Crippen LogP contribution in [0.1, 0.15) is 24.2 Å². The zero-order valence-corrected chi connectivity index (χ0v) is 12.2. The predicted molar refractivity (Wildman–Crippen MR) is 72.8 cm³/mol. The van der Waals surface area contributed by atoms with Crippen molar-refractivity contribution in [3.63, 3.8) is 0 Å². The van der Waals surface area contributed by atoms with Gasteiger partial charge in [0.15, 0.2) is 5.69 Å². The summed E-state index contributed by atoms with van der Waals surface area (Å²) < 4.78 is 37.3. The highest BCUT2D eigenvalue weighted by Crippen LogP contribution is 2.28. The Bertz CT molecular complexity index is 406. The molecule has 1 aliphatic rings. The summed E-state index contributed by atoms with van der Waals surface area (Å²) in [5.41, 5.74) is -0.316. The van der Waals surface area contributed by atoms with Crippen LogP contribution in [0.4, 0.5) is 13.2 Å². The first-order valence-electron chi connectivity index (χ1n) is 6.47. The van der Waals surface area contributed by atoms with Crippen LogP contribution in [0.5, 0.6) is 0 Å². The van der Waals surface area contributed by atoms with Crippen molar-refractivity contribution in [3.8, 4) is 0 Å². The second-order valence-electron chi connectivity index (χ2n) is 5.08. The minimum Gasteiger partial charge on any atom is -0.319 e. The van der Waals surface area contributed by atoms with Crippen LogP contribution < -0.4 is 5.32 Å². The molecule has 8 heteroatoms. The summed E-state index contributed by atoms with van der Waals surface area (Å²) in [5.74, 6) is 0.573. The Morgan fingerprint density at radius 1 is 1.50 bits per heavy atom. The van der Waals surface area contributed by atoms with Crippen LogP contribution in [0.2, 0.25) is 0 Å². The van der Waals surface area contributed by atoms with E-state index in [0.717, 1.165) is 32.1 Å². The molecular formula is C12H20ClF3N4. The van der Waals surface area contributed by atoms with Crippen molar-refractivity contribution in [2.45, 2.75) is 25.6 Å². The minimum absolute atomic E-state index is 0. The molecule has 1 saturated heterocycles. The van der Waals surface area contributed by atoms with Gasteiger partial charge >= 0.3 is 6.18 Å². The van der Waals surface area contributed by atoms with Gasteiger partial charge in [0.1, 0.15) is 0 Å². The third kappa shape index (κ3) is 4.64. The fraction of sp³-hybridized carbons (Fsp3) is 0.750. The van der Waals surface area contributed by atoms with Gasteiger partial charge in [0.25, 0.3) is 0 Å². The molecule has 20 heavy (non-hydrogen) atoms. The molecule has 4 nitrogen and oxygen atoms in total. The van der Waals surface area contributed by atoms with Crippen molar-refractivity contribution < 1.29 is 13.2 Å². The molecule has 0 aliphatic carbocycles. The highest BCUT2D eigenvalue weighted by atomic mass is 35.5. The molecule has 2 N–H and O–H groups in total. The first-order chi connectivity index (χ1) is 8.99. The van der Waals surface area contributed by atoms with E-state index in [1.54, 1.807) is 0 Å². The molecule has 1 aliphatic heterocycles. The number of rotatable bonds is 4. The maximum absolute atomic E-state index is 12.4. The molecule has 116 valence electrons. The standard InChI is InChI=1S/C12H19F3N4.ClH/c1-16-6-9-3-2-4-19(7-9)8-10-5-11(18-17-10)12(13,14)15;/h5,9,16H,2-4,6-8H2,1H3,(H,17,18);1H. The van der Waals surface area contributed by atoms with Gasteiger partial charge in [0.05, 0.1) is 0 Å². The molecule has 0 spiro atoms. The Balaban J connectivity index is 0.00000200. The number of halogens is 4. The smallest absolute Gasteiger partial charge is 0.319 e. The molecule has 0 aromatic carbocycles. The van der Waals surface area contributed by atoms with Crippen molar-refractivity contribution in [2.75, 3.05) is 26.7 Å². The molecule has 1 atom stereocenters. The van der Waals surface area contributed by atoms with Crippen LogP contribution in [-0.4, -0.2) is 41.8 Å². The second kappa shape index (κ2) is 7.28. The van der Waals surface area contributed by atoms with E-state index in [1.807, 2.05) is 7.05 Å². The zero-order chi connectivity index (χ0) is 13.9. The number of H-pyrrole nitrogens is 1. The summed E-state index contributed by atoms with van der Waals surface area (Å²) in [6, 6.07) is 1.10. The van der Waals surface area contributed by atoms with Gasteiger partial charge in [0, 0.05) is 18.8 Å². The van der Waals surface area contributed by atoms with Gasteiger partial charge in [-0.15, -0.1) is 12.4 Å². The number of aromatic amines is 1. The summed E-state index contributed by atoms with van der Waals surface area (Å²) >= 11 is 0. The number of nitrogens with one attached hydrogen (secondary N) is 2. The van der Waals surface area contributed by atoms with E-state index in [1.165, 1.54) is 6.42 Å². The predicted octanol–water partition coefficient (Wildman–Crippen LogP) is 2.28. The molecular weight excluding hydrogens is 293 g/mol. The second-order valence-corrected chi connectivity index (χ2v) is 5.08. The Hall–Kier alpha value is -0.790. The molecule has 0 amide bonds. The van der Waals surface area contributed by atoms with E-state index >= 15 is 0 Å². The van der Waals surface area contributed by atoms with Crippen molar-refractivity contribution in [1.82, 2.24) is 20.4 Å². The highest BCUT2D eigenvalue weighted by molar-refractivity contribution is 5.85. The SMILES string of the molecule is CNCC1CCCN(Cc2cc(C(F)(F)F)n[nH]2)C1.Cl. The number of aromatic nitrogens is 2. The van der Waals surface area contributed by atoms with E-state index in [0.29, 0.717) is 18.2 Å². The van der Waals surface area contributed by atoms with Crippen LogP contribution in [0.15, 0.2) is 6.07 Å². The Morgan fingerprint density at radius 2 is 2.25 bits per heavy atom. The molecule has 2 heterocycles. The first-order valence-corrected chi connectivity index (χ1v) is 6.47. The van der Waals surface area contributed by atoms with E-state index in [4.69, 9.17) is 0 Å². The molecule has 0 saturated carbocycles. The van der Waals surface area contributed by atoms with Gasteiger partial charge < -0.3 is 5.32 Å². The monoisotopic (exact) mass is 312 g/mol. The largest absolute Gasteiger partial charge is 0.435 e. The first kappa shape index (κ1) is 17.3. The Labute approximate surface area is 122 Å².